The number of hydrogen-bond donors (Lipinski definition) is 0. The number of fused-ring (bicyclic) bond motifs is 8. The molecule has 0 saturated heterocycles. The van der Waals surface area contributed by atoms with Crippen molar-refractivity contribution < 1.29 is 34.6 Å². The molecular weight excluding hydrogens is 789 g/mol. The van der Waals surface area contributed by atoms with Gasteiger partial charge in [-0.1, -0.05) is 182 Å². The zero-order valence-electron chi connectivity index (χ0n) is 55.7. The third-order valence-electron chi connectivity index (χ3n) is 11.6. The topological polar surface area (TPSA) is 21.3 Å². The second-order valence-electron chi connectivity index (χ2n) is 15.1. The summed E-state index contributed by atoms with van der Waals surface area (Å²) in [5.74, 6) is 0. The van der Waals surface area contributed by atoms with Gasteiger partial charge in [0.25, 0.3) is 0 Å². The van der Waals surface area contributed by atoms with Crippen LogP contribution in [0.5, 0.6) is 0 Å². The Kier molecular flexibility index (Phi) is 4.88. The average molecular weight is 851 g/mol. The van der Waals surface area contributed by atoms with E-state index in [0.717, 1.165) is 26.7 Å². The summed E-state index contributed by atoms with van der Waals surface area (Å²) in [5, 5.41) is 0.824. The molecule has 3 nitrogen and oxygen atoms in total. The van der Waals surface area contributed by atoms with Crippen molar-refractivity contribution >= 4 is 82.4 Å². The number of rotatable bonds is 7. The summed E-state index contributed by atoms with van der Waals surface area (Å²) in [4.78, 5) is 1.00. The number of benzene rings is 11. The van der Waals surface area contributed by atoms with Gasteiger partial charge in [-0.05, 0) is 104 Å². The average Bonchev–Trinajstić information content (AvgIpc) is 1.22. The van der Waals surface area contributed by atoms with Crippen LogP contribution in [0.4, 0.5) is 17.1 Å². The molecule has 0 amide bonds. The van der Waals surface area contributed by atoms with E-state index in [1.807, 2.05) is 71.3 Å². The molecule has 0 spiro atoms. The van der Waals surface area contributed by atoms with Crippen LogP contribution in [-0.4, -0.2) is 4.57 Å². The van der Waals surface area contributed by atoms with Gasteiger partial charge in [-0.3, -0.25) is 0 Å². The molecule has 0 aliphatic rings. The van der Waals surface area contributed by atoms with E-state index >= 15 is 0 Å². The Labute approximate surface area is 407 Å². The van der Waals surface area contributed by atoms with Gasteiger partial charge < -0.3 is 13.9 Å². The summed E-state index contributed by atoms with van der Waals surface area (Å²) in [7, 11) is 0. The van der Waals surface area contributed by atoms with Gasteiger partial charge in [0, 0.05) is 38.5 Å². The molecular formula is C62H40N2O. The predicted molar refractivity (Wildman–Crippen MR) is 274 cm³/mol. The Morgan fingerprint density at radius 2 is 0.892 bits per heavy atom. The SMILES string of the molecule is [2H]c1c([2H])c(N(c2ccc3c(oc4ccccc43)c2-c2ccccc2-n2c3ccccc3c3ccccc32)c2c([2H])c([2H])c(-c3c([2H])c([2H])c([2H])c4c([2H])c([2H])c([2H])c([2H])c34)c([2H])c2[2H])c([2H])c([2H])c1-c1c([2H])c([2H])c([2H])c2c([2H])c([2H])c([2H])c([2H])c12. The first-order valence-corrected chi connectivity index (χ1v) is 20.5. The summed E-state index contributed by atoms with van der Waals surface area (Å²) >= 11 is 0. The fourth-order valence-corrected chi connectivity index (χ4v) is 8.73. The second kappa shape index (κ2) is 15.0. The third-order valence-corrected chi connectivity index (χ3v) is 11.6. The van der Waals surface area contributed by atoms with Crippen molar-refractivity contribution in [3.8, 4) is 39.1 Å². The monoisotopic (exact) mass is 850 g/mol. The van der Waals surface area contributed by atoms with E-state index in [1.165, 1.54) is 6.07 Å². The lowest BCUT2D eigenvalue weighted by atomic mass is 9.95. The molecule has 0 atom stereocenters. The number of furan rings is 1. The molecule has 0 radical (unpaired) electrons. The number of para-hydroxylation sites is 4. The number of anilines is 3. The Bertz CT molecular complexity index is 4970. The van der Waals surface area contributed by atoms with Crippen molar-refractivity contribution in [3.05, 3.63) is 242 Å². The zero-order chi connectivity index (χ0) is 62.0. The van der Waals surface area contributed by atoms with Gasteiger partial charge in [-0.15, -0.1) is 0 Å². The van der Waals surface area contributed by atoms with Crippen LogP contribution in [-0.2, 0) is 0 Å². The van der Waals surface area contributed by atoms with Crippen molar-refractivity contribution in [3.63, 3.8) is 0 Å². The largest absolute Gasteiger partial charge is 0.455 e. The van der Waals surface area contributed by atoms with Crippen LogP contribution in [0.3, 0.4) is 0 Å². The lowest BCUT2D eigenvalue weighted by molar-refractivity contribution is 0.670. The van der Waals surface area contributed by atoms with Crippen LogP contribution in [0, 0.1) is 0 Å². The van der Waals surface area contributed by atoms with Crippen molar-refractivity contribution in [2.24, 2.45) is 0 Å². The Balaban J connectivity index is 1.21. The summed E-state index contributed by atoms with van der Waals surface area (Å²) in [6, 6.07) is 13.9. The molecule has 65 heavy (non-hydrogen) atoms. The smallest absolute Gasteiger partial charge is 0.145 e. The predicted octanol–water partition coefficient (Wildman–Crippen LogP) is 17.5. The highest BCUT2D eigenvalue weighted by atomic mass is 16.3. The van der Waals surface area contributed by atoms with E-state index in [2.05, 4.69) is 0 Å². The van der Waals surface area contributed by atoms with Crippen LogP contribution < -0.4 is 4.90 Å². The highest BCUT2D eigenvalue weighted by molar-refractivity contribution is 6.15. The van der Waals surface area contributed by atoms with Crippen molar-refractivity contribution in [1.82, 2.24) is 4.57 Å². The van der Waals surface area contributed by atoms with E-state index < -0.39 is 188 Å². The maximum absolute atomic E-state index is 10.1. The molecule has 0 N–H and O–H groups in total. The fourth-order valence-electron chi connectivity index (χ4n) is 8.73. The normalized spacial score (nSPS) is 16.4. The third kappa shape index (κ3) is 5.97. The highest BCUT2D eigenvalue weighted by Crippen LogP contribution is 2.49. The van der Waals surface area contributed by atoms with E-state index in [-0.39, 0.29) is 16.8 Å². The van der Waals surface area contributed by atoms with Crippen LogP contribution >= 0.6 is 0 Å². The minimum absolute atomic E-state index is 0.127. The lowest BCUT2D eigenvalue weighted by Crippen LogP contribution is -2.12. The Morgan fingerprint density at radius 1 is 0.385 bits per heavy atom. The molecule has 13 aromatic rings. The molecule has 0 aliphatic heterocycles. The van der Waals surface area contributed by atoms with Gasteiger partial charge in [0.15, 0.2) is 0 Å². The van der Waals surface area contributed by atoms with Crippen LogP contribution in [0.2, 0.25) is 0 Å². The van der Waals surface area contributed by atoms with Crippen LogP contribution in [0.1, 0.15) is 30.2 Å². The van der Waals surface area contributed by atoms with E-state index in [0.29, 0.717) is 27.6 Å². The summed E-state index contributed by atoms with van der Waals surface area (Å²) in [6.45, 7) is 0. The zero-order valence-corrected chi connectivity index (χ0v) is 33.7. The first-order chi connectivity index (χ1) is 41.4. The van der Waals surface area contributed by atoms with Gasteiger partial charge in [-0.2, -0.15) is 0 Å². The summed E-state index contributed by atoms with van der Waals surface area (Å²) in [5.41, 5.74) is -1.10. The fraction of sp³-hybridized carbons (Fsp3) is 0. The molecule has 3 heteroatoms. The highest BCUT2D eigenvalue weighted by Gasteiger charge is 2.26. The quantitative estimate of drug-likeness (QED) is 0.159. The van der Waals surface area contributed by atoms with Crippen molar-refractivity contribution in [2.75, 3.05) is 4.90 Å². The van der Waals surface area contributed by atoms with Gasteiger partial charge in [0.05, 0.1) is 58.1 Å². The van der Waals surface area contributed by atoms with Crippen LogP contribution in [0.15, 0.2) is 247 Å². The van der Waals surface area contributed by atoms with Gasteiger partial charge in [0.1, 0.15) is 11.2 Å². The molecule has 304 valence electrons. The number of hydrogen-bond acceptors (Lipinski definition) is 2. The van der Waals surface area contributed by atoms with Crippen molar-refractivity contribution in [1.29, 1.82) is 0 Å². The van der Waals surface area contributed by atoms with Gasteiger partial charge in [0.2, 0.25) is 0 Å². The number of aromatic nitrogens is 1. The Morgan fingerprint density at radius 3 is 1.51 bits per heavy atom. The molecule has 0 aliphatic carbocycles. The van der Waals surface area contributed by atoms with Crippen LogP contribution in [0.25, 0.3) is 104 Å². The molecule has 0 fully saturated rings. The molecule has 2 heterocycles. The molecule has 0 bridgehead atoms. The first kappa shape index (κ1) is 21.1. The molecule has 11 aromatic carbocycles. The first-order valence-electron chi connectivity index (χ1n) is 31.5. The second-order valence-corrected chi connectivity index (χ2v) is 15.1. The molecule has 0 saturated carbocycles. The summed E-state index contributed by atoms with van der Waals surface area (Å²) < 4.78 is 212. The van der Waals surface area contributed by atoms with E-state index in [4.69, 9.17) is 20.9 Å². The maximum Gasteiger partial charge on any atom is 0.145 e. The molecule has 2 aromatic heterocycles. The summed E-state index contributed by atoms with van der Waals surface area (Å²) in [6.07, 6.45) is 0. The lowest BCUT2D eigenvalue weighted by Gasteiger charge is -2.29. The van der Waals surface area contributed by atoms with E-state index in [1.54, 1.807) is 36.4 Å². The van der Waals surface area contributed by atoms with Gasteiger partial charge in [-0.25, -0.2) is 0 Å². The maximum atomic E-state index is 10.1. The van der Waals surface area contributed by atoms with Crippen molar-refractivity contribution in [2.45, 2.75) is 0 Å². The molecule has 13 rings (SSSR count). The minimum atomic E-state index is -0.964. The number of nitrogens with zero attached hydrogens (tertiary/aromatic N) is 2. The standard InChI is InChI=1S/C62H40N2O/c1-3-19-47-41(15-1)17-13-25-49(47)43-31-35-45(36-32-43)63(46-37-33-44(34-38-46)50-26-14-18-42-16-2-4-20-48(42)50)59-40-39-54-53-23-8-12-30-60(53)65-62(54)61(59)55-24-7-11-29-58(55)64-56-27-9-5-21-51(56)52-22-6-10-28-57(52)64/h1-40H/i1D,2D,3D,4D,13D,14D,15D,16D,17D,18D,19D,20D,25D,26D,31D,32D,33D,34D,35D,36D,37D,38D. The van der Waals surface area contributed by atoms with E-state index in [9.17, 15) is 13.7 Å². The van der Waals surface area contributed by atoms with Gasteiger partial charge >= 0.3 is 0 Å². The Hall–Kier alpha value is -8.66. The molecule has 0 unspecified atom stereocenters. The minimum Gasteiger partial charge on any atom is -0.455 e.